The first-order valence-corrected chi connectivity index (χ1v) is 7.98. The van der Waals surface area contributed by atoms with Gasteiger partial charge in [-0.05, 0) is 16.3 Å². The molecule has 7 nitrogen and oxygen atoms in total. The van der Waals surface area contributed by atoms with Crippen LogP contribution in [0.3, 0.4) is 0 Å². The summed E-state index contributed by atoms with van der Waals surface area (Å²) in [5, 5.41) is 16.5. The first kappa shape index (κ1) is 14.7. The van der Waals surface area contributed by atoms with Crippen molar-refractivity contribution in [2.24, 2.45) is 5.92 Å². The molecule has 2 heterocycles. The second kappa shape index (κ2) is 6.69. The van der Waals surface area contributed by atoms with Crippen molar-refractivity contribution >= 4 is 11.8 Å². The van der Waals surface area contributed by atoms with Crippen molar-refractivity contribution in [1.82, 2.24) is 30.3 Å². The van der Waals surface area contributed by atoms with Crippen LogP contribution >= 0.6 is 11.8 Å². The number of thioether (sulfide) groups is 1. The Bertz CT molecular complexity index is 724. The van der Waals surface area contributed by atoms with Gasteiger partial charge in [-0.3, -0.25) is 0 Å². The molecule has 3 rings (SSSR count). The number of benzene rings is 1. The van der Waals surface area contributed by atoms with Crippen LogP contribution in [0.25, 0.3) is 11.4 Å². The smallest absolute Gasteiger partial charge is 0.237 e. The summed E-state index contributed by atoms with van der Waals surface area (Å²) >= 11 is 1.49. The van der Waals surface area contributed by atoms with Gasteiger partial charge in [0.1, 0.15) is 0 Å². The molecule has 0 unspecified atom stereocenters. The molecule has 0 N–H and O–H groups in total. The molecule has 0 bridgehead atoms. The highest BCUT2D eigenvalue weighted by molar-refractivity contribution is 7.98. The molecular weight excluding hydrogens is 300 g/mol. The van der Waals surface area contributed by atoms with E-state index in [0.717, 1.165) is 17.3 Å². The quantitative estimate of drug-likeness (QED) is 0.646. The minimum Gasteiger partial charge on any atom is -0.338 e. The van der Waals surface area contributed by atoms with Crippen molar-refractivity contribution in [3.05, 3.63) is 36.2 Å². The van der Waals surface area contributed by atoms with Crippen molar-refractivity contribution in [3.63, 3.8) is 0 Å². The molecule has 0 aliphatic carbocycles. The summed E-state index contributed by atoms with van der Waals surface area (Å²) in [7, 11) is 0. The maximum Gasteiger partial charge on any atom is 0.237 e. The second-order valence-corrected chi connectivity index (χ2v) is 6.15. The summed E-state index contributed by atoms with van der Waals surface area (Å²) in [4.78, 5) is 4.39. The molecule has 0 amide bonds. The summed E-state index contributed by atoms with van der Waals surface area (Å²) in [5.74, 6) is 2.18. The molecule has 3 aromatic rings. The minimum atomic E-state index is 0.482. The lowest BCUT2D eigenvalue weighted by Crippen LogP contribution is -2.07. The Kier molecular flexibility index (Phi) is 4.47. The SMILES string of the molecule is CC(C)Cn1nnnc1SCc1nc(-c2ccccc2)no1. The van der Waals surface area contributed by atoms with Gasteiger partial charge in [-0.1, -0.05) is 61.1 Å². The molecule has 0 saturated heterocycles. The highest BCUT2D eigenvalue weighted by Crippen LogP contribution is 2.22. The molecule has 0 aliphatic heterocycles. The maximum atomic E-state index is 5.28. The molecule has 0 saturated carbocycles. The van der Waals surface area contributed by atoms with Gasteiger partial charge in [-0.15, -0.1) is 5.10 Å². The molecular formula is C14H16N6OS. The van der Waals surface area contributed by atoms with Crippen LogP contribution in [0.5, 0.6) is 0 Å². The van der Waals surface area contributed by atoms with Crippen molar-refractivity contribution < 1.29 is 4.52 Å². The third-order valence-corrected chi connectivity index (χ3v) is 3.80. The van der Waals surface area contributed by atoms with E-state index in [1.165, 1.54) is 11.8 Å². The lowest BCUT2D eigenvalue weighted by atomic mass is 10.2. The molecule has 114 valence electrons. The maximum absolute atomic E-state index is 5.28. The highest BCUT2D eigenvalue weighted by Gasteiger charge is 2.12. The van der Waals surface area contributed by atoms with Crippen molar-refractivity contribution in [2.75, 3.05) is 0 Å². The number of nitrogens with zero attached hydrogens (tertiary/aromatic N) is 6. The van der Waals surface area contributed by atoms with Gasteiger partial charge in [0.2, 0.25) is 16.9 Å². The van der Waals surface area contributed by atoms with Gasteiger partial charge < -0.3 is 4.52 Å². The van der Waals surface area contributed by atoms with Gasteiger partial charge in [0.05, 0.1) is 5.75 Å². The van der Waals surface area contributed by atoms with Gasteiger partial charge in [-0.2, -0.15) is 4.98 Å². The molecule has 0 spiro atoms. The fourth-order valence-electron chi connectivity index (χ4n) is 1.90. The van der Waals surface area contributed by atoms with Gasteiger partial charge in [0.25, 0.3) is 0 Å². The standard InChI is InChI=1S/C14H16N6OS/c1-10(2)8-20-14(16-18-19-20)22-9-12-15-13(17-21-12)11-6-4-3-5-7-11/h3-7,10H,8-9H2,1-2H3. The number of tetrazole rings is 1. The summed E-state index contributed by atoms with van der Waals surface area (Å²) in [6.07, 6.45) is 0. The molecule has 0 atom stereocenters. The zero-order chi connectivity index (χ0) is 15.4. The van der Waals surface area contributed by atoms with Gasteiger partial charge in [0.15, 0.2) is 0 Å². The zero-order valence-electron chi connectivity index (χ0n) is 12.4. The topological polar surface area (TPSA) is 82.5 Å². The molecule has 0 radical (unpaired) electrons. The summed E-state index contributed by atoms with van der Waals surface area (Å²) in [6.45, 7) is 5.04. The van der Waals surface area contributed by atoms with Crippen molar-refractivity contribution in [2.45, 2.75) is 31.3 Å². The van der Waals surface area contributed by atoms with E-state index < -0.39 is 0 Å². The van der Waals surface area contributed by atoms with Crippen LogP contribution in [0.2, 0.25) is 0 Å². The summed E-state index contributed by atoms with van der Waals surface area (Å²) in [6, 6.07) is 9.74. The van der Waals surface area contributed by atoms with E-state index in [-0.39, 0.29) is 0 Å². The Hall–Kier alpha value is -2.22. The lowest BCUT2D eigenvalue weighted by molar-refractivity contribution is 0.391. The van der Waals surface area contributed by atoms with Gasteiger partial charge in [-0.25, -0.2) is 4.68 Å². The number of aromatic nitrogens is 6. The van der Waals surface area contributed by atoms with E-state index in [1.54, 1.807) is 4.68 Å². The first-order valence-electron chi connectivity index (χ1n) is 6.99. The number of hydrogen-bond donors (Lipinski definition) is 0. The predicted octanol–water partition coefficient (Wildman–Crippen LogP) is 2.67. The van der Waals surface area contributed by atoms with Crippen LogP contribution in [0, 0.1) is 5.92 Å². The van der Waals surface area contributed by atoms with Crippen LogP contribution in [0.15, 0.2) is 40.0 Å². The fourth-order valence-corrected chi connectivity index (χ4v) is 2.63. The Labute approximate surface area is 132 Å². The highest BCUT2D eigenvalue weighted by atomic mass is 32.2. The van der Waals surface area contributed by atoms with Crippen molar-refractivity contribution in [3.8, 4) is 11.4 Å². The number of hydrogen-bond acceptors (Lipinski definition) is 7. The Morgan fingerprint density at radius 3 is 2.82 bits per heavy atom. The van der Waals surface area contributed by atoms with E-state index in [0.29, 0.717) is 23.4 Å². The van der Waals surface area contributed by atoms with Crippen LogP contribution in [-0.2, 0) is 12.3 Å². The van der Waals surface area contributed by atoms with Crippen LogP contribution in [0.4, 0.5) is 0 Å². The molecule has 22 heavy (non-hydrogen) atoms. The van der Waals surface area contributed by atoms with E-state index >= 15 is 0 Å². The minimum absolute atomic E-state index is 0.482. The van der Waals surface area contributed by atoms with Gasteiger partial charge >= 0.3 is 0 Å². The first-order chi connectivity index (χ1) is 10.7. The third-order valence-electron chi connectivity index (χ3n) is 2.86. The van der Waals surface area contributed by atoms with E-state index in [9.17, 15) is 0 Å². The normalized spacial score (nSPS) is 11.2. The average Bonchev–Trinajstić information content (AvgIpc) is 3.15. The summed E-state index contributed by atoms with van der Waals surface area (Å²) in [5.41, 5.74) is 0.937. The molecule has 0 fully saturated rings. The van der Waals surface area contributed by atoms with Crippen LogP contribution in [-0.4, -0.2) is 30.3 Å². The number of rotatable bonds is 6. The van der Waals surface area contributed by atoms with E-state index in [4.69, 9.17) is 4.52 Å². The van der Waals surface area contributed by atoms with Gasteiger partial charge in [0, 0.05) is 12.1 Å². The van der Waals surface area contributed by atoms with Crippen LogP contribution in [0.1, 0.15) is 19.7 Å². The average molecular weight is 316 g/mol. The lowest BCUT2D eigenvalue weighted by Gasteiger charge is -2.05. The monoisotopic (exact) mass is 316 g/mol. The summed E-state index contributed by atoms with van der Waals surface area (Å²) < 4.78 is 7.07. The van der Waals surface area contributed by atoms with E-state index in [2.05, 4.69) is 39.5 Å². The molecule has 1 aromatic carbocycles. The Balaban J connectivity index is 1.65. The van der Waals surface area contributed by atoms with Crippen molar-refractivity contribution in [1.29, 1.82) is 0 Å². The molecule has 2 aromatic heterocycles. The molecule has 0 aliphatic rings. The fraction of sp³-hybridized carbons (Fsp3) is 0.357. The Morgan fingerprint density at radius 2 is 2.05 bits per heavy atom. The predicted molar refractivity (Wildman–Crippen MR) is 82.0 cm³/mol. The largest absolute Gasteiger partial charge is 0.338 e. The third kappa shape index (κ3) is 3.51. The second-order valence-electron chi connectivity index (χ2n) is 5.20. The van der Waals surface area contributed by atoms with E-state index in [1.807, 2.05) is 30.3 Å². The Morgan fingerprint density at radius 1 is 1.23 bits per heavy atom. The molecule has 8 heteroatoms. The zero-order valence-corrected chi connectivity index (χ0v) is 13.2. The van der Waals surface area contributed by atoms with Crippen LogP contribution < -0.4 is 0 Å².